The van der Waals surface area contributed by atoms with Crippen LogP contribution in [0.4, 0.5) is 0 Å². The summed E-state index contributed by atoms with van der Waals surface area (Å²) in [5.41, 5.74) is 5.67. The van der Waals surface area contributed by atoms with Gasteiger partial charge in [0.05, 0.1) is 6.04 Å². The minimum absolute atomic E-state index is 0.0744. The molecule has 0 radical (unpaired) electrons. The fraction of sp³-hybridized carbons (Fsp3) is 0.909. The lowest BCUT2D eigenvalue weighted by Crippen LogP contribution is -2.51. The lowest BCUT2D eigenvalue weighted by molar-refractivity contribution is -0.136. The Balaban J connectivity index is 2.70. The number of nitrogens with two attached hydrogens (primary N) is 1. The number of carbonyl (C=O) groups excluding carboxylic acids is 1. The maximum Gasteiger partial charge on any atom is 0.239 e. The summed E-state index contributed by atoms with van der Waals surface area (Å²) < 4.78 is 0. The normalized spacial score (nSPS) is 24.5. The highest BCUT2D eigenvalue weighted by atomic mass is 16.2. The van der Waals surface area contributed by atoms with E-state index >= 15 is 0 Å². The molecule has 1 aliphatic rings. The van der Waals surface area contributed by atoms with Gasteiger partial charge >= 0.3 is 0 Å². The Morgan fingerprint density at radius 3 is 2.40 bits per heavy atom. The molecule has 0 aromatic rings. The van der Waals surface area contributed by atoms with Crippen LogP contribution in [0.15, 0.2) is 0 Å². The Morgan fingerprint density at radius 2 is 2.07 bits per heavy atom. The number of amides is 1. The van der Waals surface area contributed by atoms with E-state index in [0.717, 1.165) is 19.5 Å². The summed E-state index contributed by atoms with van der Waals surface area (Å²) in [5, 5.41) is 0. The molecule has 2 N–H and O–H groups in total. The van der Waals surface area contributed by atoms with Gasteiger partial charge in [-0.15, -0.1) is 0 Å². The van der Waals surface area contributed by atoms with E-state index in [-0.39, 0.29) is 11.9 Å². The molecule has 0 aliphatic carbocycles. The van der Waals surface area contributed by atoms with Crippen molar-refractivity contribution >= 4 is 5.91 Å². The van der Waals surface area contributed by atoms with Crippen molar-refractivity contribution in [3.8, 4) is 0 Å². The molecule has 1 saturated heterocycles. The van der Waals surface area contributed by atoms with Gasteiger partial charge in [-0.25, -0.2) is 0 Å². The molecule has 4 heteroatoms. The van der Waals surface area contributed by atoms with Crippen molar-refractivity contribution in [2.75, 3.05) is 20.1 Å². The SMILES string of the molecule is CC(C)N(C(=O)[C@H](C)N)[C@H]1CCN(C)C1. The fourth-order valence-electron chi connectivity index (χ4n) is 2.23. The molecule has 1 amide bonds. The van der Waals surface area contributed by atoms with Gasteiger partial charge in [-0.05, 0) is 40.8 Å². The second-order valence-electron chi connectivity index (χ2n) is 4.83. The first-order chi connectivity index (χ1) is 6.93. The molecule has 1 aliphatic heterocycles. The summed E-state index contributed by atoms with van der Waals surface area (Å²) >= 11 is 0. The Morgan fingerprint density at radius 1 is 1.47 bits per heavy atom. The zero-order chi connectivity index (χ0) is 11.6. The number of likely N-dealkylation sites (tertiary alicyclic amines) is 1. The van der Waals surface area contributed by atoms with Crippen LogP contribution in [0, 0.1) is 0 Å². The fourth-order valence-corrected chi connectivity index (χ4v) is 2.23. The molecule has 1 rings (SSSR count). The molecule has 88 valence electrons. The van der Waals surface area contributed by atoms with Crippen LogP contribution in [-0.2, 0) is 4.79 Å². The van der Waals surface area contributed by atoms with Gasteiger partial charge < -0.3 is 15.5 Å². The third-order valence-electron chi connectivity index (χ3n) is 2.96. The highest BCUT2D eigenvalue weighted by Gasteiger charge is 2.31. The molecular formula is C11H23N3O. The zero-order valence-electron chi connectivity index (χ0n) is 10.2. The van der Waals surface area contributed by atoms with Crippen LogP contribution in [0.5, 0.6) is 0 Å². The first-order valence-electron chi connectivity index (χ1n) is 5.69. The lowest BCUT2D eigenvalue weighted by atomic mass is 10.1. The first-order valence-corrected chi connectivity index (χ1v) is 5.69. The molecule has 0 saturated carbocycles. The highest BCUT2D eigenvalue weighted by Crippen LogP contribution is 2.17. The van der Waals surface area contributed by atoms with Crippen LogP contribution in [-0.4, -0.2) is 54.0 Å². The van der Waals surface area contributed by atoms with Gasteiger partial charge in [0, 0.05) is 18.6 Å². The predicted octanol–water partition coefficient (Wildman–Crippen LogP) is 0.275. The Kier molecular flexibility index (Phi) is 4.11. The second-order valence-corrected chi connectivity index (χ2v) is 4.83. The molecule has 15 heavy (non-hydrogen) atoms. The first kappa shape index (κ1) is 12.5. The standard InChI is InChI=1S/C11H23N3O/c1-8(2)14(11(15)9(3)12)10-5-6-13(4)7-10/h8-10H,5-7,12H2,1-4H3/t9-,10-/m0/s1. The number of nitrogens with zero attached hydrogens (tertiary/aromatic N) is 2. The molecule has 0 aromatic heterocycles. The van der Waals surface area contributed by atoms with E-state index in [1.165, 1.54) is 0 Å². The highest BCUT2D eigenvalue weighted by molar-refractivity contribution is 5.81. The molecule has 1 fully saturated rings. The Bertz CT molecular complexity index is 228. The van der Waals surface area contributed by atoms with E-state index in [9.17, 15) is 4.79 Å². The summed E-state index contributed by atoms with van der Waals surface area (Å²) in [7, 11) is 2.09. The van der Waals surface area contributed by atoms with Crippen LogP contribution in [0.25, 0.3) is 0 Å². The van der Waals surface area contributed by atoms with Crippen molar-refractivity contribution in [1.29, 1.82) is 0 Å². The van der Waals surface area contributed by atoms with Crippen molar-refractivity contribution in [3.63, 3.8) is 0 Å². The number of rotatable bonds is 3. The van der Waals surface area contributed by atoms with Crippen LogP contribution < -0.4 is 5.73 Å². The number of likely N-dealkylation sites (N-methyl/N-ethyl adjacent to an activating group) is 1. The van der Waals surface area contributed by atoms with Crippen molar-refractivity contribution in [2.45, 2.75) is 45.3 Å². The van der Waals surface area contributed by atoms with Gasteiger partial charge in [0.25, 0.3) is 0 Å². The summed E-state index contributed by atoms with van der Waals surface area (Å²) in [6, 6.07) is 0.187. The van der Waals surface area contributed by atoms with Crippen LogP contribution in [0.3, 0.4) is 0 Å². The second kappa shape index (κ2) is 4.94. The van der Waals surface area contributed by atoms with Crippen molar-refractivity contribution in [3.05, 3.63) is 0 Å². The van der Waals surface area contributed by atoms with Crippen LogP contribution in [0.1, 0.15) is 27.2 Å². The summed E-state index contributed by atoms with van der Waals surface area (Å²) in [6.45, 7) is 7.91. The molecular weight excluding hydrogens is 190 g/mol. The number of hydrogen-bond acceptors (Lipinski definition) is 3. The van der Waals surface area contributed by atoms with Crippen molar-refractivity contribution in [2.24, 2.45) is 5.73 Å². The minimum atomic E-state index is -0.390. The minimum Gasteiger partial charge on any atom is -0.335 e. The third-order valence-corrected chi connectivity index (χ3v) is 2.96. The zero-order valence-corrected chi connectivity index (χ0v) is 10.2. The van der Waals surface area contributed by atoms with Gasteiger partial charge in [0.15, 0.2) is 0 Å². The molecule has 4 nitrogen and oxygen atoms in total. The van der Waals surface area contributed by atoms with E-state index < -0.39 is 6.04 Å². The topological polar surface area (TPSA) is 49.6 Å². The number of hydrogen-bond donors (Lipinski definition) is 1. The lowest BCUT2D eigenvalue weighted by Gasteiger charge is -2.34. The van der Waals surface area contributed by atoms with Gasteiger partial charge in [0.1, 0.15) is 0 Å². The van der Waals surface area contributed by atoms with E-state index in [0.29, 0.717) is 6.04 Å². The van der Waals surface area contributed by atoms with Crippen LogP contribution in [0.2, 0.25) is 0 Å². The maximum atomic E-state index is 12.0. The molecule has 2 atom stereocenters. The summed E-state index contributed by atoms with van der Waals surface area (Å²) in [5.74, 6) is 0.0744. The molecule has 0 spiro atoms. The van der Waals surface area contributed by atoms with Crippen LogP contribution >= 0.6 is 0 Å². The Hall–Kier alpha value is -0.610. The number of carbonyl (C=O) groups is 1. The quantitative estimate of drug-likeness (QED) is 0.732. The van der Waals surface area contributed by atoms with E-state index in [4.69, 9.17) is 5.73 Å². The van der Waals surface area contributed by atoms with Gasteiger partial charge in [-0.3, -0.25) is 4.79 Å². The molecule has 0 bridgehead atoms. The summed E-state index contributed by atoms with van der Waals surface area (Å²) in [4.78, 5) is 16.2. The van der Waals surface area contributed by atoms with Crippen molar-refractivity contribution < 1.29 is 4.79 Å². The predicted molar refractivity (Wildman–Crippen MR) is 61.5 cm³/mol. The average Bonchev–Trinajstić information content (AvgIpc) is 2.51. The van der Waals surface area contributed by atoms with Gasteiger partial charge in [-0.1, -0.05) is 0 Å². The average molecular weight is 213 g/mol. The molecule has 0 aromatic carbocycles. The molecule has 0 unspecified atom stereocenters. The van der Waals surface area contributed by atoms with E-state index in [2.05, 4.69) is 25.8 Å². The third kappa shape index (κ3) is 2.92. The largest absolute Gasteiger partial charge is 0.335 e. The molecule has 1 heterocycles. The smallest absolute Gasteiger partial charge is 0.239 e. The van der Waals surface area contributed by atoms with Gasteiger partial charge in [-0.2, -0.15) is 0 Å². The maximum absolute atomic E-state index is 12.0. The van der Waals surface area contributed by atoms with Crippen molar-refractivity contribution in [1.82, 2.24) is 9.80 Å². The van der Waals surface area contributed by atoms with Gasteiger partial charge in [0.2, 0.25) is 5.91 Å². The summed E-state index contributed by atoms with van der Waals surface area (Å²) in [6.07, 6.45) is 1.06. The monoisotopic (exact) mass is 213 g/mol. The van der Waals surface area contributed by atoms with E-state index in [1.807, 2.05) is 4.90 Å². The Labute approximate surface area is 92.4 Å². The van der Waals surface area contributed by atoms with E-state index in [1.54, 1.807) is 6.92 Å².